The van der Waals surface area contributed by atoms with Crippen LogP contribution in [0, 0.1) is 0 Å². The maximum Gasteiger partial charge on any atom is 0.377 e. The molecule has 11 nitrogen and oxygen atoms in total. The highest BCUT2D eigenvalue weighted by Gasteiger charge is 2.56. The molecule has 3 rings (SSSR count). The summed E-state index contributed by atoms with van der Waals surface area (Å²) in [4.78, 5) is 26.6. The van der Waals surface area contributed by atoms with E-state index in [1.54, 1.807) is 12.1 Å². The number of amides is 1. The fourth-order valence-corrected chi connectivity index (χ4v) is 4.15. The third-order valence-electron chi connectivity index (χ3n) is 5.13. The summed E-state index contributed by atoms with van der Waals surface area (Å²) in [6.07, 6.45) is -7.41. The number of aromatic amines is 1. The van der Waals surface area contributed by atoms with Gasteiger partial charge in [-0.3, -0.25) is 4.79 Å². The molecule has 0 spiro atoms. The maximum atomic E-state index is 12.2. The number of carboxylic acid groups (broad SMARTS) is 1. The Kier molecular flexibility index (Phi) is 7.34. The number of hydrogen-bond acceptors (Lipinski definition) is 8. The van der Waals surface area contributed by atoms with Crippen LogP contribution in [-0.2, 0) is 14.3 Å². The van der Waals surface area contributed by atoms with Crippen LogP contribution in [0.1, 0.15) is 13.3 Å². The molecule has 176 valence electrons. The second-order valence-electron chi connectivity index (χ2n) is 7.44. The van der Waals surface area contributed by atoms with Gasteiger partial charge >= 0.3 is 11.8 Å². The molecule has 1 amide bonds. The Morgan fingerprint density at radius 2 is 2.12 bits per heavy atom. The zero-order valence-electron chi connectivity index (χ0n) is 16.7. The zero-order chi connectivity index (χ0) is 23.8. The molecule has 6 atom stereocenters. The van der Waals surface area contributed by atoms with Crippen LogP contribution in [0.2, 0.25) is 5.02 Å². The van der Waals surface area contributed by atoms with Gasteiger partial charge in [-0.05, 0) is 28.1 Å². The van der Waals surface area contributed by atoms with E-state index in [9.17, 15) is 35.1 Å². The maximum absolute atomic E-state index is 12.2. The normalized spacial score (nSPS) is 27.7. The smallest absolute Gasteiger partial charge is 0.377 e. The fourth-order valence-electron chi connectivity index (χ4n) is 3.58. The highest BCUT2D eigenvalue weighted by molar-refractivity contribution is 9.10. The first kappa shape index (κ1) is 24.7. The van der Waals surface area contributed by atoms with Crippen molar-refractivity contribution in [1.29, 1.82) is 0 Å². The van der Waals surface area contributed by atoms with Gasteiger partial charge in [0, 0.05) is 28.4 Å². The third kappa shape index (κ3) is 4.71. The quantitative estimate of drug-likeness (QED) is 0.258. The van der Waals surface area contributed by atoms with E-state index in [2.05, 4.69) is 26.2 Å². The topological polar surface area (TPSA) is 182 Å². The molecule has 1 saturated heterocycles. The summed E-state index contributed by atoms with van der Waals surface area (Å²) in [6, 6.07) is 3.52. The number of carbonyl (C=O) groups is 2. The molecule has 1 aliphatic heterocycles. The molecule has 0 bridgehead atoms. The predicted octanol–water partition coefficient (Wildman–Crippen LogP) is 0.112. The Labute approximate surface area is 195 Å². The lowest BCUT2D eigenvalue weighted by atomic mass is 9.88. The average molecular weight is 538 g/mol. The van der Waals surface area contributed by atoms with Crippen LogP contribution in [0.15, 0.2) is 22.7 Å². The molecule has 32 heavy (non-hydrogen) atoms. The zero-order valence-corrected chi connectivity index (χ0v) is 19.0. The molecular formula is C19H22BrClN2O9. The number of carboxylic acids is 1. The number of aromatic nitrogens is 1. The van der Waals surface area contributed by atoms with Crippen LogP contribution in [0.25, 0.3) is 10.9 Å². The lowest BCUT2D eigenvalue weighted by Gasteiger charge is -2.46. The van der Waals surface area contributed by atoms with Crippen molar-refractivity contribution >= 4 is 50.3 Å². The van der Waals surface area contributed by atoms with Crippen molar-refractivity contribution in [2.24, 2.45) is 0 Å². The van der Waals surface area contributed by atoms with Crippen LogP contribution >= 0.6 is 27.5 Å². The standard InChI is InChI=1S/C19H22BrClN2O9/c1-7(25)22-15-11(26)5-19(18(29)30,32-17(15)16(28)12(27)6-24)31-13-4-8-10(23-13)3-2-9(20)14(8)21/h2-4,11-12,15-17,23-24,26-28H,5-6H2,1H3,(H,22,25)(H,29,30)/t11-,12+,15+,16-,17+,19+/m1/s1. The number of nitrogens with one attached hydrogen (secondary N) is 2. The van der Waals surface area contributed by atoms with Crippen LogP contribution in [-0.4, -0.2) is 85.2 Å². The number of hydrogen-bond donors (Lipinski definition) is 7. The van der Waals surface area contributed by atoms with E-state index < -0.39 is 61.1 Å². The molecular weight excluding hydrogens is 516 g/mol. The minimum Gasteiger partial charge on any atom is -0.476 e. The first-order valence-electron chi connectivity index (χ1n) is 9.48. The van der Waals surface area contributed by atoms with E-state index in [1.807, 2.05) is 0 Å². The molecule has 0 aliphatic carbocycles. The molecule has 1 aliphatic rings. The highest BCUT2D eigenvalue weighted by Crippen LogP contribution is 2.38. The van der Waals surface area contributed by atoms with E-state index >= 15 is 0 Å². The van der Waals surface area contributed by atoms with Crippen LogP contribution in [0.4, 0.5) is 0 Å². The predicted molar refractivity (Wildman–Crippen MR) is 114 cm³/mol. The van der Waals surface area contributed by atoms with Gasteiger partial charge in [0.2, 0.25) is 5.91 Å². The Balaban J connectivity index is 2.00. The van der Waals surface area contributed by atoms with Crippen molar-refractivity contribution < 1.29 is 44.6 Å². The second kappa shape index (κ2) is 9.51. The monoisotopic (exact) mass is 536 g/mol. The number of ether oxygens (including phenoxy) is 2. The number of aliphatic hydroxyl groups excluding tert-OH is 4. The summed E-state index contributed by atoms with van der Waals surface area (Å²) in [5.74, 6) is -4.77. The van der Waals surface area contributed by atoms with Gasteiger partial charge in [0.15, 0.2) is 5.88 Å². The van der Waals surface area contributed by atoms with Crippen LogP contribution in [0.3, 0.4) is 0 Å². The van der Waals surface area contributed by atoms with E-state index in [4.69, 9.17) is 21.1 Å². The second-order valence-corrected chi connectivity index (χ2v) is 8.67. The van der Waals surface area contributed by atoms with E-state index in [0.29, 0.717) is 20.4 Å². The van der Waals surface area contributed by atoms with Gasteiger partial charge in [-0.1, -0.05) is 11.6 Å². The van der Waals surface area contributed by atoms with Gasteiger partial charge in [-0.2, -0.15) is 0 Å². The van der Waals surface area contributed by atoms with Crippen molar-refractivity contribution in [3.8, 4) is 5.88 Å². The van der Waals surface area contributed by atoms with Gasteiger partial charge < -0.3 is 45.3 Å². The van der Waals surface area contributed by atoms with Gasteiger partial charge in [0.25, 0.3) is 0 Å². The summed E-state index contributed by atoms with van der Waals surface area (Å²) in [5.41, 5.74) is 0.536. The molecule has 7 N–H and O–H groups in total. The number of H-pyrrole nitrogens is 1. The summed E-state index contributed by atoms with van der Waals surface area (Å²) >= 11 is 9.54. The van der Waals surface area contributed by atoms with Gasteiger partial charge in [-0.15, -0.1) is 0 Å². The first-order chi connectivity index (χ1) is 15.0. The number of halogens is 2. The Morgan fingerprint density at radius 3 is 2.72 bits per heavy atom. The first-order valence-corrected chi connectivity index (χ1v) is 10.6. The van der Waals surface area contributed by atoms with E-state index in [1.165, 1.54) is 6.07 Å². The lowest BCUT2D eigenvalue weighted by molar-refractivity contribution is -0.285. The molecule has 1 aromatic carbocycles. The molecule has 2 aromatic rings. The molecule has 0 radical (unpaired) electrons. The van der Waals surface area contributed by atoms with E-state index in [0.717, 1.165) is 6.92 Å². The van der Waals surface area contributed by atoms with Crippen molar-refractivity contribution in [3.63, 3.8) is 0 Å². The van der Waals surface area contributed by atoms with Gasteiger partial charge in [0.05, 0.1) is 30.2 Å². The largest absolute Gasteiger partial charge is 0.476 e. The molecule has 13 heteroatoms. The Bertz CT molecular complexity index is 1020. The lowest BCUT2D eigenvalue weighted by Crippen LogP contribution is -2.68. The molecule has 0 saturated carbocycles. The van der Waals surface area contributed by atoms with Crippen molar-refractivity contribution in [3.05, 3.63) is 27.7 Å². The summed E-state index contributed by atoms with van der Waals surface area (Å²) in [5, 5.41) is 53.3. The summed E-state index contributed by atoms with van der Waals surface area (Å²) < 4.78 is 11.8. The minimum absolute atomic E-state index is 0.0523. The number of carbonyl (C=O) groups excluding carboxylic acids is 1. The number of aliphatic hydroxyl groups is 4. The van der Waals surface area contributed by atoms with Crippen molar-refractivity contribution in [1.82, 2.24) is 10.3 Å². The third-order valence-corrected chi connectivity index (χ3v) is 6.42. The van der Waals surface area contributed by atoms with Crippen molar-refractivity contribution in [2.75, 3.05) is 6.61 Å². The Morgan fingerprint density at radius 1 is 1.44 bits per heavy atom. The molecule has 1 aromatic heterocycles. The summed E-state index contributed by atoms with van der Waals surface area (Å²) in [6.45, 7) is 0.279. The van der Waals surface area contributed by atoms with Crippen molar-refractivity contribution in [2.45, 2.75) is 49.6 Å². The fraction of sp³-hybridized carbons (Fsp3) is 0.474. The Hall–Kier alpha value is -1.93. The van der Waals surface area contributed by atoms with E-state index in [-0.39, 0.29) is 5.88 Å². The van der Waals surface area contributed by atoms with Gasteiger partial charge in [-0.25, -0.2) is 4.79 Å². The SMILES string of the molecule is CC(=O)N[C@@H]1[C@@H]([C@H](O)[C@@H](O)CO)O[C@](Oc2cc3c(Cl)c(Br)ccc3[nH]2)(C(=O)O)C[C@H]1O. The van der Waals surface area contributed by atoms with Crippen LogP contribution < -0.4 is 10.1 Å². The summed E-state index contributed by atoms with van der Waals surface area (Å²) in [7, 11) is 0. The molecule has 0 unspecified atom stereocenters. The molecule has 2 heterocycles. The van der Waals surface area contributed by atoms with Gasteiger partial charge in [0.1, 0.15) is 18.3 Å². The number of aliphatic carboxylic acids is 1. The number of fused-ring (bicyclic) bond motifs is 1. The minimum atomic E-state index is -2.50. The number of benzene rings is 1. The van der Waals surface area contributed by atoms with Crippen LogP contribution in [0.5, 0.6) is 5.88 Å². The average Bonchev–Trinajstić information content (AvgIpc) is 3.14. The highest BCUT2D eigenvalue weighted by atomic mass is 79.9. The molecule has 1 fully saturated rings. The number of rotatable bonds is 7.